The fourth-order valence-electron chi connectivity index (χ4n) is 2.28. The van der Waals surface area contributed by atoms with Gasteiger partial charge >= 0.3 is 6.18 Å². The Morgan fingerprint density at radius 3 is 2.00 bits per heavy atom. The van der Waals surface area contributed by atoms with Crippen LogP contribution in [0.5, 0.6) is 0 Å². The summed E-state index contributed by atoms with van der Waals surface area (Å²) in [6.45, 7) is 1.97. The fraction of sp³-hybridized carbons (Fsp3) is 0.111. The van der Waals surface area contributed by atoms with Gasteiger partial charge in [0.15, 0.2) is 5.82 Å². The summed E-state index contributed by atoms with van der Waals surface area (Å²) in [6.07, 6.45) is -4.36. The Kier molecular flexibility index (Phi) is 3.97. The number of alkyl halides is 3. The largest absolute Gasteiger partial charge is 0.416 e. The van der Waals surface area contributed by atoms with Gasteiger partial charge in [-0.25, -0.2) is 9.97 Å². The highest BCUT2D eigenvalue weighted by molar-refractivity contribution is 5.67. The van der Waals surface area contributed by atoms with Crippen LogP contribution in [0, 0.1) is 6.92 Å². The van der Waals surface area contributed by atoms with Gasteiger partial charge in [0.2, 0.25) is 0 Å². The van der Waals surface area contributed by atoms with Crippen molar-refractivity contribution in [3.05, 3.63) is 65.7 Å². The quantitative estimate of drug-likeness (QED) is 0.740. The van der Waals surface area contributed by atoms with Crippen molar-refractivity contribution >= 4 is 5.82 Å². The van der Waals surface area contributed by atoms with Gasteiger partial charge in [0, 0.05) is 17.2 Å². The minimum absolute atomic E-state index is 0.260. The second-order valence-electron chi connectivity index (χ2n) is 5.44. The van der Waals surface area contributed by atoms with Gasteiger partial charge < -0.3 is 5.73 Å². The molecule has 0 radical (unpaired) electrons. The number of hydrogen-bond donors (Lipinski definition) is 1. The Morgan fingerprint density at radius 2 is 1.42 bits per heavy atom. The predicted octanol–water partition coefficient (Wildman–Crippen LogP) is 4.72. The number of nitrogens with two attached hydrogens (primary N) is 1. The molecule has 6 heteroatoms. The maximum absolute atomic E-state index is 12.7. The Morgan fingerprint density at radius 1 is 0.833 bits per heavy atom. The summed E-state index contributed by atoms with van der Waals surface area (Å²) in [7, 11) is 0. The molecule has 0 fully saturated rings. The molecule has 0 spiro atoms. The summed E-state index contributed by atoms with van der Waals surface area (Å²) in [5.41, 5.74) is 8.05. The first-order chi connectivity index (χ1) is 11.3. The number of benzene rings is 2. The highest BCUT2D eigenvalue weighted by atomic mass is 19.4. The summed E-state index contributed by atoms with van der Waals surface area (Å²) in [4.78, 5) is 8.63. The van der Waals surface area contributed by atoms with E-state index in [4.69, 9.17) is 5.73 Å². The van der Waals surface area contributed by atoms with E-state index in [1.165, 1.54) is 12.1 Å². The molecule has 0 aliphatic heterocycles. The first-order valence-corrected chi connectivity index (χ1v) is 7.22. The van der Waals surface area contributed by atoms with Crippen LogP contribution < -0.4 is 5.73 Å². The van der Waals surface area contributed by atoms with E-state index in [2.05, 4.69) is 9.97 Å². The molecule has 2 N–H and O–H groups in total. The SMILES string of the molecule is Cc1ccc(-c2nc(N)cc(-c3ccc(C(F)(F)F)cc3)n2)cc1. The highest BCUT2D eigenvalue weighted by Crippen LogP contribution is 2.31. The van der Waals surface area contributed by atoms with Crippen LogP contribution in [-0.4, -0.2) is 9.97 Å². The topological polar surface area (TPSA) is 51.8 Å². The minimum atomic E-state index is -4.36. The molecule has 0 atom stereocenters. The Balaban J connectivity index is 2.01. The van der Waals surface area contributed by atoms with Crippen LogP contribution in [0.4, 0.5) is 19.0 Å². The van der Waals surface area contributed by atoms with Gasteiger partial charge in [-0.1, -0.05) is 42.0 Å². The Bertz CT molecular complexity index is 854. The molecule has 0 amide bonds. The molecule has 0 unspecified atom stereocenters. The molecule has 3 nitrogen and oxygen atoms in total. The van der Waals surface area contributed by atoms with Gasteiger partial charge in [0.25, 0.3) is 0 Å². The van der Waals surface area contributed by atoms with Crippen molar-refractivity contribution in [1.29, 1.82) is 0 Å². The van der Waals surface area contributed by atoms with Gasteiger partial charge in [-0.2, -0.15) is 13.2 Å². The molecule has 122 valence electrons. The molecule has 0 saturated heterocycles. The molecule has 3 aromatic rings. The molecule has 2 aromatic carbocycles. The third-order valence-electron chi connectivity index (χ3n) is 3.56. The molecule has 0 saturated carbocycles. The van der Waals surface area contributed by atoms with Crippen molar-refractivity contribution in [3.63, 3.8) is 0 Å². The summed E-state index contributed by atoms with van der Waals surface area (Å²) < 4.78 is 38.0. The zero-order valence-electron chi connectivity index (χ0n) is 12.8. The van der Waals surface area contributed by atoms with Crippen LogP contribution in [0.3, 0.4) is 0 Å². The number of halogens is 3. The summed E-state index contributed by atoms with van der Waals surface area (Å²) in [6, 6.07) is 14.0. The molecule has 0 bridgehead atoms. The summed E-state index contributed by atoms with van der Waals surface area (Å²) in [5, 5.41) is 0. The smallest absolute Gasteiger partial charge is 0.384 e. The average molecular weight is 329 g/mol. The number of nitrogens with zero attached hydrogens (tertiary/aromatic N) is 2. The second-order valence-corrected chi connectivity index (χ2v) is 5.44. The third-order valence-corrected chi connectivity index (χ3v) is 3.56. The number of hydrogen-bond acceptors (Lipinski definition) is 3. The predicted molar refractivity (Wildman–Crippen MR) is 87.1 cm³/mol. The van der Waals surface area contributed by atoms with Gasteiger partial charge in [0.1, 0.15) is 5.82 Å². The Labute approximate surface area is 137 Å². The summed E-state index contributed by atoms with van der Waals surface area (Å²) in [5.74, 6) is 0.695. The van der Waals surface area contributed by atoms with Crippen LogP contribution in [0.25, 0.3) is 22.6 Å². The molecule has 1 heterocycles. The molecule has 1 aromatic heterocycles. The van der Waals surface area contributed by atoms with Crippen molar-refractivity contribution < 1.29 is 13.2 Å². The van der Waals surface area contributed by atoms with Crippen LogP contribution in [0.1, 0.15) is 11.1 Å². The van der Waals surface area contributed by atoms with Gasteiger partial charge in [0.05, 0.1) is 11.3 Å². The number of nitrogen functional groups attached to an aromatic ring is 1. The molecule has 0 aliphatic carbocycles. The molecule has 0 aliphatic rings. The van der Waals surface area contributed by atoms with Crippen LogP contribution in [-0.2, 0) is 6.18 Å². The van der Waals surface area contributed by atoms with E-state index in [1.807, 2.05) is 31.2 Å². The van der Waals surface area contributed by atoms with Crippen LogP contribution in [0.15, 0.2) is 54.6 Å². The third kappa shape index (κ3) is 3.37. The maximum atomic E-state index is 12.7. The van der Waals surface area contributed by atoms with Gasteiger partial charge in [-0.3, -0.25) is 0 Å². The molecular formula is C18H14F3N3. The molecule has 24 heavy (non-hydrogen) atoms. The van der Waals surface area contributed by atoms with E-state index >= 15 is 0 Å². The van der Waals surface area contributed by atoms with Crippen molar-refractivity contribution in [2.75, 3.05) is 5.73 Å². The first kappa shape index (κ1) is 16.0. The minimum Gasteiger partial charge on any atom is -0.384 e. The lowest BCUT2D eigenvalue weighted by Crippen LogP contribution is -2.04. The number of rotatable bonds is 2. The van der Waals surface area contributed by atoms with Gasteiger partial charge in [-0.15, -0.1) is 0 Å². The van der Waals surface area contributed by atoms with Crippen molar-refractivity contribution in [2.45, 2.75) is 13.1 Å². The fourth-order valence-corrected chi connectivity index (χ4v) is 2.28. The van der Waals surface area contributed by atoms with E-state index in [0.717, 1.165) is 23.3 Å². The lowest BCUT2D eigenvalue weighted by molar-refractivity contribution is -0.137. The first-order valence-electron chi connectivity index (χ1n) is 7.22. The Hall–Kier alpha value is -2.89. The second kappa shape index (κ2) is 5.96. The van der Waals surface area contributed by atoms with Crippen LogP contribution >= 0.6 is 0 Å². The van der Waals surface area contributed by atoms with Crippen molar-refractivity contribution in [2.24, 2.45) is 0 Å². The van der Waals surface area contributed by atoms with E-state index < -0.39 is 11.7 Å². The lowest BCUT2D eigenvalue weighted by Gasteiger charge is -2.09. The zero-order valence-corrected chi connectivity index (χ0v) is 12.8. The van der Waals surface area contributed by atoms with Crippen molar-refractivity contribution in [3.8, 4) is 22.6 Å². The monoisotopic (exact) mass is 329 g/mol. The lowest BCUT2D eigenvalue weighted by atomic mass is 10.1. The molecular weight excluding hydrogens is 315 g/mol. The number of aryl methyl sites for hydroxylation is 1. The van der Waals surface area contributed by atoms with E-state index in [1.54, 1.807) is 6.07 Å². The molecule has 3 rings (SSSR count). The van der Waals surface area contributed by atoms with Crippen LogP contribution in [0.2, 0.25) is 0 Å². The van der Waals surface area contributed by atoms with E-state index in [0.29, 0.717) is 17.1 Å². The summed E-state index contributed by atoms with van der Waals surface area (Å²) >= 11 is 0. The maximum Gasteiger partial charge on any atom is 0.416 e. The standard InChI is InChI=1S/C18H14F3N3/c1-11-2-4-13(5-3-11)17-23-15(10-16(22)24-17)12-6-8-14(9-7-12)18(19,20)21/h2-10H,1H3,(H2,22,23,24). The number of anilines is 1. The van der Waals surface area contributed by atoms with E-state index in [9.17, 15) is 13.2 Å². The van der Waals surface area contributed by atoms with E-state index in [-0.39, 0.29) is 5.82 Å². The van der Waals surface area contributed by atoms with Gasteiger partial charge in [-0.05, 0) is 19.1 Å². The highest BCUT2D eigenvalue weighted by Gasteiger charge is 2.30. The van der Waals surface area contributed by atoms with Crippen molar-refractivity contribution in [1.82, 2.24) is 9.97 Å². The normalized spacial score (nSPS) is 11.5. The number of aromatic nitrogens is 2. The zero-order chi connectivity index (χ0) is 17.3. The average Bonchev–Trinajstić information content (AvgIpc) is 2.54.